The zero-order valence-corrected chi connectivity index (χ0v) is 15.2. The van der Waals surface area contributed by atoms with Crippen LogP contribution in [0.4, 0.5) is 5.69 Å². The molecule has 3 heterocycles. The van der Waals surface area contributed by atoms with Crippen molar-refractivity contribution in [2.45, 2.75) is 32.7 Å². The summed E-state index contributed by atoms with van der Waals surface area (Å²) in [6.07, 6.45) is 11.4. The third kappa shape index (κ3) is 4.01. The minimum absolute atomic E-state index is 0.0896. The number of carbonyl (C=O) groups excluding carboxylic acids is 2. The SMILES string of the molecule is CCn1cc(/C=C/C(=O)Nc2cnn(C)c2C(=O)N2CCCCC2)cn1. The number of rotatable bonds is 5. The summed E-state index contributed by atoms with van der Waals surface area (Å²) in [5, 5.41) is 11.1. The van der Waals surface area contributed by atoms with Crippen LogP contribution < -0.4 is 5.32 Å². The second-order valence-corrected chi connectivity index (χ2v) is 6.34. The summed E-state index contributed by atoms with van der Waals surface area (Å²) in [7, 11) is 1.71. The van der Waals surface area contributed by atoms with Crippen molar-refractivity contribution < 1.29 is 9.59 Å². The number of piperidine rings is 1. The van der Waals surface area contributed by atoms with Gasteiger partial charge < -0.3 is 10.2 Å². The van der Waals surface area contributed by atoms with E-state index in [9.17, 15) is 9.59 Å². The summed E-state index contributed by atoms with van der Waals surface area (Å²) in [5.74, 6) is -0.400. The van der Waals surface area contributed by atoms with Gasteiger partial charge in [0.1, 0.15) is 5.69 Å². The van der Waals surface area contributed by atoms with E-state index in [1.165, 1.54) is 17.0 Å². The zero-order chi connectivity index (χ0) is 18.5. The topological polar surface area (TPSA) is 85.0 Å². The Morgan fingerprint density at radius 2 is 1.96 bits per heavy atom. The standard InChI is InChI=1S/C18H24N6O2/c1-3-24-13-14(11-20-24)7-8-16(25)21-15-12-19-22(2)17(15)18(26)23-9-5-4-6-10-23/h7-8,11-13H,3-6,9-10H2,1-2H3,(H,21,25)/b8-7+. The molecule has 1 aliphatic heterocycles. The van der Waals surface area contributed by atoms with Crippen LogP contribution in [0.2, 0.25) is 0 Å². The zero-order valence-electron chi connectivity index (χ0n) is 15.2. The molecular formula is C18H24N6O2. The van der Waals surface area contributed by atoms with Crippen molar-refractivity contribution in [3.8, 4) is 0 Å². The molecule has 2 aromatic rings. The third-order valence-electron chi connectivity index (χ3n) is 4.45. The maximum absolute atomic E-state index is 12.8. The average Bonchev–Trinajstić information content (AvgIpc) is 3.27. The number of likely N-dealkylation sites (tertiary alicyclic amines) is 1. The van der Waals surface area contributed by atoms with Crippen LogP contribution in [0, 0.1) is 0 Å². The first-order chi connectivity index (χ1) is 12.6. The first-order valence-corrected chi connectivity index (χ1v) is 8.91. The molecule has 0 radical (unpaired) electrons. The van der Waals surface area contributed by atoms with Gasteiger partial charge in [-0.05, 0) is 32.3 Å². The molecule has 26 heavy (non-hydrogen) atoms. The number of nitrogens with zero attached hydrogens (tertiary/aromatic N) is 5. The lowest BCUT2D eigenvalue weighted by Gasteiger charge is -2.26. The molecule has 0 bridgehead atoms. The second kappa shape index (κ2) is 7.99. The molecule has 3 rings (SSSR count). The number of hydrogen-bond acceptors (Lipinski definition) is 4. The van der Waals surface area contributed by atoms with Crippen molar-refractivity contribution in [2.75, 3.05) is 18.4 Å². The van der Waals surface area contributed by atoms with E-state index in [0.29, 0.717) is 11.4 Å². The minimum Gasteiger partial charge on any atom is -0.337 e. The summed E-state index contributed by atoms with van der Waals surface area (Å²) in [6, 6.07) is 0. The van der Waals surface area contributed by atoms with Gasteiger partial charge in [-0.1, -0.05) is 0 Å². The Morgan fingerprint density at radius 1 is 1.19 bits per heavy atom. The molecule has 2 aromatic heterocycles. The lowest BCUT2D eigenvalue weighted by molar-refractivity contribution is -0.111. The first-order valence-electron chi connectivity index (χ1n) is 8.91. The van der Waals surface area contributed by atoms with Crippen molar-refractivity contribution in [3.05, 3.63) is 35.9 Å². The Bertz CT molecular complexity index is 814. The Morgan fingerprint density at radius 3 is 2.65 bits per heavy atom. The van der Waals surface area contributed by atoms with Crippen LogP contribution in [0.25, 0.3) is 6.08 Å². The minimum atomic E-state index is -0.310. The maximum Gasteiger partial charge on any atom is 0.274 e. The van der Waals surface area contributed by atoms with Crippen LogP contribution >= 0.6 is 0 Å². The van der Waals surface area contributed by atoms with E-state index in [-0.39, 0.29) is 11.8 Å². The number of anilines is 1. The third-order valence-corrected chi connectivity index (χ3v) is 4.45. The van der Waals surface area contributed by atoms with Crippen LogP contribution in [-0.4, -0.2) is 49.4 Å². The Balaban J connectivity index is 1.69. The van der Waals surface area contributed by atoms with Crippen LogP contribution in [0.5, 0.6) is 0 Å². The quantitative estimate of drug-likeness (QED) is 0.830. The molecular weight excluding hydrogens is 332 g/mol. The highest BCUT2D eigenvalue weighted by Crippen LogP contribution is 2.19. The Labute approximate surface area is 152 Å². The molecule has 1 N–H and O–H groups in total. The highest BCUT2D eigenvalue weighted by Gasteiger charge is 2.24. The summed E-state index contributed by atoms with van der Waals surface area (Å²) in [4.78, 5) is 26.8. The summed E-state index contributed by atoms with van der Waals surface area (Å²) >= 11 is 0. The molecule has 2 amide bonds. The van der Waals surface area contributed by atoms with Gasteiger partial charge in [-0.3, -0.25) is 19.0 Å². The van der Waals surface area contributed by atoms with Crippen LogP contribution in [0.3, 0.4) is 0 Å². The summed E-state index contributed by atoms with van der Waals surface area (Å²) in [5.41, 5.74) is 1.69. The monoisotopic (exact) mass is 356 g/mol. The van der Waals surface area contributed by atoms with E-state index in [0.717, 1.165) is 44.5 Å². The van der Waals surface area contributed by atoms with Crippen LogP contribution in [0.1, 0.15) is 42.2 Å². The molecule has 0 saturated carbocycles. The largest absolute Gasteiger partial charge is 0.337 e. The number of hydrogen-bond donors (Lipinski definition) is 1. The van der Waals surface area contributed by atoms with Gasteiger partial charge in [0, 0.05) is 44.5 Å². The Kier molecular flexibility index (Phi) is 5.50. The van der Waals surface area contributed by atoms with Crippen molar-refractivity contribution in [3.63, 3.8) is 0 Å². The van der Waals surface area contributed by atoms with Crippen molar-refractivity contribution >= 4 is 23.6 Å². The molecule has 1 fully saturated rings. The predicted molar refractivity (Wildman–Crippen MR) is 98.5 cm³/mol. The van der Waals surface area contributed by atoms with Gasteiger partial charge in [0.25, 0.3) is 5.91 Å². The summed E-state index contributed by atoms with van der Waals surface area (Å²) in [6.45, 7) is 4.27. The van der Waals surface area contributed by atoms with Crippen molar-refractivity contribution in [1.82, 2.24) is 24.5 Å². The van der Waals surface area contributed by atoms with Gasteiger partial charge in [0.2, 0.25) is 5.91 Å². The molecule has 0 aromatic carbocycles. The average molecular weight is 356 g/mol. The molecule has 8 heteroatoms. The number of nitrogens with one attached hydrogen (secondary N) is 1. The fourth-order valence-electron chi connectivity index (χ4n) is 3.01. The van der Waals surface area contributed by atoms with E-state index in [2.05, 4.69) is 15.5 Å². The Hall–Kier alpha value is -2.90. The molecule has 138 valence electrons. The van der Waals surface area contributed by atoms with Gasteiger partial charge >= 0.3 is 0 Å². The summed E-state index contributed by atoms with van der Waals surface area (Å²) < 4.78 is 3.30. The molecule has 0 aliphatic carbocycles. The number of carbonyl (C=O) groups is 2. The smallest absolute Gasteiger partial charge is 0.274 e. The number of aromatic nitrogens is 4. The number of aryl methyl sites for hydroxylation is 2. The fraction of sp³-hybridized carbons (Fsp3) is 0.444. The molecule has 0 atom stereocenters. The fourth-order valence-corrected chi connectivity index (χ4v) is 3.01. The van der Waals surface area contributed by atoms with Crippen LogP contribution in [-0.2, 0) is 18.4 Å². The highest BCUT2D eigenvalue weighted by molar-refractivity contribution is 6.06. The van der Waals surface area contributed by atoms with E-state index in [4.69, 9.17) is 0 Å². The van der Waals surface area contributed by atoms with E-state index in [1.807, 2.05) is 18.0 Å². The van der Waals surface area contributed by atoms with Gasteiger partial charge in [0.05, 0.1) is 18.1 Å². The highest BCUT2D eigenvalue weighted by atomic mass is 16.2. The molecule has 0 unspecified atom stereocenters. The van der Waals surface area contributed by atoms with Crippen molar-refractivity contribution in [2.24, 2.45) is 7.05 Å². The first kappa shape index (κ1) is 17.9. The van der Waals surface area contributed by atoms with Crippen molar-refractivity contribution in [1.29, 1.82) is 0 Å². The maximum atomic E-state index is 12.8. The van der Waals surface area contributed by atoms with Gasteiger partial charge in [-0.25, -0.2) is 0 Å². The van der Waals surface area contributed by atoms with E-state index >= 15 is 0 Å². The predicted octanol–water partition coefficient (Wildman–Crippen LogP) is 1.91. The molecule has 1 aliphatic rings. The normalized spacial score (nSPS) is 14.8. The molecule has 1 saturated heterocycles. The van der Waals surface area contributed by atoms with Crippen LogP contribution in [0.15, 0.2) is 24.7 Å². The van der Waals surface area contributed by atoms with E-state index < -0.39 is 0 Å². The second-order valence-electron chi connectivity index (χ2n) is 6.34. The molecule has 0 spiro atoms. The molecule has 8 nitrogen and oxygen atoms in total. The number of amides is 2. The van der Waals surface area contributed by atoms with Gasteiger partial charge in [0.15, 0.2) is 0 Å². The lowest BCUT2D eigenvalue weighted by Crippen LogP contribution is -2.37. The lowest BCUT2D eigenvalue weighted by atomic mass is 10.1. The van der Waals surface area contributed by atoms with Gasteiger partial charge in [-0.2, -0.15) is 10.2 Å². The van der Waals surface area contributed by atoms with E-state index in [1.54, 1.807) is 24.0 Å². The van der Waals surface area contributed by atoms with Gasteiger partial charge in [-0.15, -0.1) is 0 Å².